The minimum atomic E-state index is 0.169. The lowest BCUT2D eigenvalue weighted by molar-refractivity contribution is 0.601. The number of hydrogen-bond donors (Lipinski definition) is 0. The van der Waals surface area contributed by atoms with E-state index in [-0.39, 0.29) is 24.7 Å². The van der Waals surface area contributed by atoms with Crippen LogP contribution in [0.3, 0.4) is 0 Å². The Balaban J connectivity index is 0.000000109. The van der Waals surface area contributed by atoms with Crippen LogP contribution in [0.1, 0.15) is 90.1 Å². The molecule has 19 rings (SSSR count). The van der Waals surface area contributed by atoms with Crippen LogP contribution >= 0.6 is 0 Å². The first-order valence-corrected chi connectivity index (χ1v) is 37.9. The molecule has 0 fully saturated rings. The minimum absolute atomic E-state index is 0.169. The molecule has 0 radical (unpaired) electrons. The first-order chi connectivity index (χ1) is 52.4. The smallest absolute Gasteiger partial charge is 0.159 e. The highest BCUT2D eigenvalue weighted by molar-refractivity contribution is 6.12. The number of aryl methyl sites for hydroxylation is 5. The largest absolute Gasteiger partial charge is 0.454 e. The molecule has 5 aliphatic rings. The van der Waals surface area contributed by atoms with Crippen LogP contribution in [0.2, 0.25) is 0 Å². The number of furan rings is 2. The topological polar surface area (TPSA) is 123 Å². The Kier molecular flexibility index (Phi) is 19.6. The van der Waals surface area contributed by atoms with Crippen LogP contribution in [0.4, 0.5) is 86.0 Å². The molecule has 0 amide bonds. The molecule has 0 saturated heterocycles. The van der Waals surface area contributed by atoms with Crippen LogP contribution in [0, 0.1) is 34.6 Å². The van der Waals surface area contributed by atoms with E-state index in [1.807, 2.05) is 85.6 Å². The van der Waals surface area contributed by atoms with Crippen molar-refractivity contribution in [1.29, 1.82) is 0 Å². The third-order valence-electron chi connectivity index (χ3n) is 22.2. The molecule has 17 nitrogen and oxygen atoms in total. The molecule has 7 aromatic carbocycles. The van der Waals surface area contributed by atoms with E-state index < -0.39 is 0 Å². The van der Waals surface area contributed by atoms with Crippen LogP contribution in [-0.4, -0.2) is 89.0 Å². The fourth-order valence-electron chi connectivity index (χ4n) is 16.7. The minimum Gasteiger partial charge on any atom is -0.454 e. The summed E-state index contributed by atoms with van der Waals surface area (Å²) in [5.41, 5.74) is 21.9. The quantitative estimate of drug-likeness (QED) is 0.143. The molecule has 7 aromatic heterocycles. The third-order valence-corrected chi connectivity index (χ3v) is 22.2. The highest BCUT2D eigenvalue weighted by Gasteiger charge is 2.41. The van der Waals surface area contributed by atoms with Gasteiger partial charge in [-0.3, -0.25) is 0 Å². The van der Waals surface area contributed by atoms with Crippen molar-refractivity contribution in [2.75, 3.05) is 76.2 Å². The monoisotopic (exact) mass is 1430 g/mol. The van der Waals surface area contributed by atoms with Crippen LogP contribution in [0.5, 0.6) is 0 Å². The summed E-state index contributed by atoms with van der Waals surface area (Å²) in [6.07, 6.45) is 10.5. The van der Waals surface area contributed by atoms with Gasteiger partial charge in [0, 0.05) is 103 Å². The summed E-state index contributed by atoms with van der Waals surface area (Å²) in [6, 6.07) is 71.8. The van der Waals surface area contributed by atoms with Gasteiger partial charge in [0.15, 0.2) is 40.3 Å². The summed E-state index contributed by atoms with van der Waals surface area (Å²) in [5.74, 6) is 5.19. The number of anilines is 15. The van der Waals surface area contributed by atoms with Crippen LogP contribution in [0.25, 0.3) is 43.9 Å². The summed E-state index contributed by atoms with van der Waals surface area (Å²) in [6.45, 7) is 32.6. The molecule has 5 atom stereocenters. The standard InChI is InChI=1S/C22H21N3O.C21H19N3O.C17H21N3.C16H19N3.C15H17N3/c1-4-24-15(3)25(22-18(24)9-7-13-23-22)20-14(2)11-12-17-16-8-5-6-10-19(16)26-21(17)20;1-13-10-11-16-15-7-4-5-9-18(15)25-20(16)19(13)24-14(2)23(3)17-8-6-12-22-21(17)24;1-12(2)19-14(4)20(15-9-6-5-8-13(15)3)16-10-7-11-18-17(16)19;1-4-18-13(3)19(14-9-6-5-8-12(14)2)15-10-7-11-17-16(15)18;1-11-7-4-5-8-13(11)18-12(2)17(3)15-14(18)9-6-10-16-15/h5-13,15H,4H2,1-3H3;4-12,14H,1-3H3;5-12,14H,1-4H3;5-11,13H,4H2,1-3H3;4-10,12H,1-3H3/t15-;2*14-;13-;12-/m11111/s1. The second-order valence-corrected chi connectivity index (χ2v) is 28.8. The van der Waals surface area contributed by atoms with E-state index in [4.69, 9.17) is 13.8 Å². The van der Waals surface area contributed by atoms with E-state index in [0.29, 0.717) is 12.2 Å². The number of para-hydroxylation sites is 5. The maximum atomic E-state index is 6.32. The second kappa shape index (κ2) is 29.7. The van der Waals surface area contributed by atoms with Crippen molar-refractivity contribution in [3.05, 3.63) is 265 Å². The summed E-state index contributed by atoms with van der Waals surface area (Å²) in [7, 11) is 4.20. The van der Waals surface area contributed by atoms with Crippen molar-refractivity contribution in [1.82, 2.24) is 24.9 Å². The lowest BCUT2D eigenvalue weighted by atomic mass is 10.1. The maximum Gasteiger partial charge on any atom is 0.159 e. The Morgan fingerprint density at radius 2 is 0.657 bits per heavy atom. The van der Waals surface area contributed by atoms with Crippen LogP contribution in [0.15, 0.2) is 246 Å². The SMILES string of the molecule is CCN1c2cccnc2N(c2c(C)ccc3c2oc2ccccc23)[C@@H]1C.CCN1c2ncccc2N(c2ccccc2C)[C@@H]1C.Cc1ccc2c(oc3ccccc32)c1N1c2ncccc2N(C)[C@H]1C.Cc1ccccc1N1c2cccnc2N(C(C)C)[C@H]1C.Cc1ccccc1N1c2cccnc2N(C)[C@H]1C. The van der Waals surface area contributed by atoms with Gasteiger partial charge in [0.05, 0.1) is 39.8 Å². The van der Waals surface area contributed by atoms with Gasteiger partial charge in [-0.15, -0.1) is 0 Å². The van der Waals surface area contributed by atoms with E-state index in [0.717, 1.165) is 103 Å². The van der Waals surface area contributed by atoms with E-state index in [1.165, 1.54) is 67.6 Å². The zero-order chi connectivity index (χ0) is 75.3. The molecule has 17 heteroatoms. The van der Waals surface area contributed by atoms with Crippen LogP contribution < -0.4 is 49.0 Å². The zero-order valence-corrected chi connectivity index (χ0v) is 64.9. The highest BCUT2D eigenvalue weighted by atomic mass is 16.3. The molecule has 0 aliphatic carbocycles. The average molecular weight is 1430 g/mol. The molecular weight excluding hydrogens is 1340 g/mol. The number of nitrogens with zero attached hydrogens (tertiary/aromatic N) is 15. The number of aromatic nitrogens is 5. The summed E-state index contributed by atoms with van der Waals surface area (Å²) >= 11 is 0. The third kappa shape index (κ3) is 12.4. The highest BCUT2D eigenvalue weighted by Crippen LogP contribution is 2.51. The van der Waals surface area contributed by atoms with Gasteiger partial charge < -0.3 is 57.8 Å². The van der Waals surface area contributed by atoms with Crippen molar-refractivity contribution in [3.63, 3.8) is 0 Å². The fourth-order valence-corrected chi connectivity index (χ4v) is 16.7. The van der Waals surface area contributed by atoms with Gasteiger partial charge in [0.25, 0.3) is 0 Å². The predicted molar refractivity (Wildman–Crippen MR) is 450 cm³/mol. The molecule has 0 spiro atoms. The van der Waals surface area contributed by atoms with E-state index >= 15 is 0 Å². The first kappa shape index (κ1) is 71.5. The first-order valence-electron chi connectivity index (χ1n) is 37.9. The molecule has 12 heterocycles. The van der Waals surface area contributed by atoms with Crippen molar-refractivity contribution in [3.8, 4) is 0 Å². The van der Waals surface area contributed by atoms with Gasteiger partial charge in [-0.2, -0.15) is 0 Å². The Bertz CT molecular complexity index is 5600. The molecule has 5 aliphatic heterocycles. The number of benzene rings is 7. The average Bonchev–Trinajstić information content (AvgIpc) is 1.59. The number of fused-ring (bicyclic) bond motifs is 11. The van der Waals surface area contributed by atoms with Gasteiger partial charge in [-0.1, -0.05) is 115 Å². The van der Waals surface area contributed by atoms with Gasteiger partial charge in [-0.05, 0) is 216 Å². The Morgan fingerprint density at radius 1 is 0.306 bits per heavy atom. The van der Waals surface area contributed by atoms with Gasteiger partial charge in [0.2, 0.25) is 0 Å². The molecule has 0 N–H and O–H groups in total. The molecule has 108 heavy (non-hydrogen) atoms. The lowest BCUT2D eigenvalue weighted by Gasteiger charge is -2.33. The molecule has 0 unspecified atom stereocenters. The van der Waals surface area contributed by atoms with E-state index in [2.05, 4.69) is 332 Å². The molecule has 0 bridgehead atoms. The molecular formula is C91H97N15O2. The van der Waals surface area contributed by atoms with E-state index in [9.17, 15) is 0 Å². The number of hydrogen-bond acceptors (Lipinski definition) is 17. The van der Waals surface area contributed by atoms with Crippen LogP contribution in [-0.2, 0) is 0 Å². The molecule has 0 saturated carbocycles. The second-order valence-electron chi connectivity index (χ2n) is 28.8. The number of pyridine rings is 5. The number of rotatable bonds is 8. The Morgan fingerprint density at radius 3 is 1.14 bits per heavy atom. The van der Waals surface area contributed by atoms with Gasteiger partial charge in [0.1, 0.15) is 42.0 Å². The predicted octanol–water partition coefficient (Wildman–Crippen LogP) is 22.0. The Labute approximate surface area is 635 Å². The van der Waals surface area contributed by atoms with Crippen molar-refractivity contribution in [2.45, 2.75) is 134 Å². The van der Waals surface area contributed by atoms with Crippen molar-refractivity contribution >= 4 is 130 Å². The molecule has 14 aromatic rings. The van der Waals surface area contributed by atoms with E-state index in [1.54, 1.807) is 0 Å². The summed E-state index contributed by atoms with van der Waals surface area (Å²) in [4.78, 5) is 46.3. The Hall–Kier alpha value is -12.1. The zero-order valence-electron chi connectivity index (χ0n) is 64.9. The summed E-state index contributed by atoms with van der Waals surface area (Å²) in [5, 5.41) is 4.61. The lowest BCUT2D eigenvalue weighted by Crippen LogP contribution is -2.42. The maximum absolute atomic E-state index is 6.32. The molecule has 548 valence electrons. The normalized spacial score (nSPS) is 17.3. The fraction of sp³-hybridized carbons (Fsp3) is 0.264. The van der Waals surface area contributed by atoms with Crippen molar-refractivity contribution in [2.24, 2.45) is 0 Å². The van der Waals surface area contributed by atoms with Gasteiger partial charge in [-0.25, -0.2) is 24.9 Å². The van der Waals surface area contributed by atoms with Gasteiger partial charge >= 0.3 is 0 Å². The van der Waals surface area contributed by atoms with Crippen molar-refractivity contribution < 1.29 is 8.83 Å². The summed E-state index contributed by atoms with van der Waals surface area (Å²) < 4.78 is 12.6.